The fourth-order valence-electron chi connectivity index (χ4n) is 4.16. The summed E-state index contributed by atoms with van der Waals surface area (Å²) in [5, 5.41) is 12.5. The lowest BCUT2D eigenvalue weighted by Gasteiger charge is -2.33. The number of piperidine rings is 1. The van der Waals surface area contributed by atoms with Crippen LogP contribution in [-0.2, 0) is 7.05 Å². The van der Waals surface area contributed by atoms with Gasteiger partial charge in [0.25, 0.3) is 5.56 Å². The summed E-state index contributed by atoms with van der Waals surface area (Å²) >= 11 is 0. The Kier molecular flexibility index (Phi) is 6.05. The highest BCUT2D eigenvalue weighted by atomic mass is 16.3. The molecule has 0 atom stereocenters. The van der Waals surface area contributed by atoms with Crippen molar-refractivity contribution in [3.63, 3.8) is 0 Å². The molecular weight excluding hydrogens is 404 g/mol. The van der Waals surface area contributed by atoms with Gasteiger partial charge in [0.05, 0.1) is 17.1 Å². The normalized spacial score (nSPS) is 14.5. The van der Waals surface area contributed by atoms with E-state index in [1.54, 1.807) is 13.2 Å². The van der Waals surface area contributed by atoms with Gasteiger partial charge in [0.1, 0.15) is 0 Å². The molecule has 6 N–H and O–H groups in total. The molecule has 0 saturated carbocycles. The maximum atomic E-state index is 12.7. The minimum atomic E-state index is -0.232. The monoisotopic (exact) mass is 434 g/mol. The lowest BCUT2D eigenvalue weighted by molar-refractivity contribution is 0.203. The average Bonchev–Trinajstić information content (AvgIpc) is 2.79. The van der Waals surface area contributed by atoms with Gasteiger partial charge in [-0.25, -0.2) is 4.98 Å². The van der Waals surface area contributed by atoms with E-state index in [9.17, 15) is 9.90 Å². The molecule has 8 heteroatoms. The van der Waals surface area contributed by atoms with Crippen LogP contribution in [0.15, 0.2) is 47.4 Å². The summed E-state index contributed by atoms with van der Waals surface area (Å²) in [4.78, 5) is 19.5. The standard InChI is InChI=1S/C24H30N6O2/c1-15-18(4-3-5-19(15)25)21-13-29(2)24(32)23(28-21)27-17-6-7-22(20(26)12-17)30-10-8-16(14-31)9-11-30/h3-7,12-13,16,31H,8-11,14,25-26H2,1-2H3,(H,27,28). The lowest BCUT2D eigenvalue weighted by Crippen LogP contribution is -2.35. The zero-order valence-corrected chi connectivity index (χ0v) is 18.5. The first kappa shape index (κ1) is 21.7. The number of hydrogen-bond donors (Lipinski definition) is 4. The van der Waals surface area contributed by atoms with E-state index in [4.69, 9.17) is 11.5 Å². The molecule has 0 unspecified atom stereocenters. The second-order valence-electron chi connectivity index (χ2n) is 8.42. The number of hydrogen-bond acceptors (Lipinski definition) is 7. The summed E-state index contributed by atoms with van der Waals surface area (Å²) in [6.07, 6.45) is 3.61. The second-order valence-corrected chi connectivity index (χ2v) is 8.42. The molecular formula is C24H30N6O2. The number of anilines is 5. The molecule has 0 amide bonds. The summed E-state index contributed by atoms with van der Waals surface area (Å²) in [7, 11) is 1.70. The molecule has 1 fully saturated rings. The first-order chi connectivity index (χ1) is 15.4. The largest absolute Gasteiger partial charge is 0.398 e. The number of nitrogens with zero attached hydrogens (tertiary/aromatic N) is 3. The second kappa shape index (κ2) is 8.92. The van der Waals surface area contributed by atoms with Crippen LogP contribution in [0, 0.1) is 12.8 Å². The van der Waals surface area contributed by atoms with Crippen molar-refractivity contribution in [1.82, 2.24) is 9.55 Å². The third kappa shape index (κ3) is 4.27. The number of nitrogens with two attached hydrogens (primary N) is 2. The summed E-state index contributed by atoms with van der Waals surface area (Å²) < 4.78 is 1.51. The Balaban J connectivity index is 1.60. The molecule has 0 bridgehead atoms. The van der Waals surface area contributed by atoms with Crippen LogP contribution in [0.3, 0.4) is 0 Å². The van der Waals surface area contributed by atoms with Crippen molar-refractivity contribution in [2.24, 2.45) is 13.0 Å². The van der Waals surface area contributed by atoms with Crippen molar-refractivity contribution in [1.29, 1.82) is 0 Å². The van der Waals surface area contributed by atoms with E-state index in [-0.39, 0.29) is 18.0 Å². The van der Waals surface area contributed by atoms with E-state index in [1.807, 2.05) is 43.3 Å². The Morgan fingerprint density at radius 3 is 2.59 bits per heavy atom. The number of aliphatic hydroxyl groups excluding tert-OH is 1. The van der Waals surface area contributed by atoms with Gasteiger partial charge in [-0.1, -0.05) is 12.1 Å². The first-order valence-corrected chi connectivity index (χ1v) is 10.8. The van der Waals surface area contributed by atoms with Crippen LogP contribution in [0.2, 0.25) is 0 Å². The summed E-state index contributed by atoms with van der Waals surface area (Å²) in [6.45, 7) is 3.91. The van der Waals surface area contributed by atoms with Gasteiger partial charge in [-0.15, -0.1) is 0 Å². The number of benzene rings is 2. The van der Waals surface area contributed by atoms with E-state index in [2.05, 4.69) is 15.2 Å². The van der Waals surface area contributed by atoms with Crippen LogP contribution in [0.4, 0.5) is 28.6 Å². The Hall–Kier alpha value is -3.52. The topological polar surface area (TPSA) is 122 Å². The molecule has 0 spiro atoms. The van der Waals surface area contributed by atoms with Crippen molar-refractivity contribution < 1.29 is 5.11 Å². The van der Waals surface area contributed by atoms with E-state index in [0.29, 0.717) is 28.7 Å². The van der Waals surface area contributed by atoms with Crippen molar-refractivity contribution >= 4 is 28.6 Å². The molecule has 32 heavy (non-hydrogen) atoms. The maximum Gasteiger partial charge on any atom is 0.293 e. The van der Waals surface area contributed by atoms with Crippen LogP contribution in [0.25, 0.3) is 11.3 Å². The predicted octanol–water partition coefficient (Wildman–Crippen LogP) is 2.87. The van der Waals surface area contributed by atoms with Gasteiger partial charge in [-0.2, -0.15) is 0 Å². The van der Waals surface area contributed by atoms with Gasteiger partial charge in [-0.05, 0) is 55.5 Å². The van der Waals surface area contributed by atoms with Crippen molar-refractivity contribution in [3.05, 3.63) is 58.5 Å². The minimum absolute atomic E-state index is 0.225. The predicted molar refractivity (Wildman–Crippen MR) is 130 cm³/mol. The summed E-state index contributed by atoms with van der Waals surface area (Å²) in [6, 6.07) is 11.4. The highest BCUT2D eigenvalue weighted by Crippen LogP contribution is 2.31. The Morgan fingerprint density at radius 2 is 1.91 bits per heavy atom. The molecule has 0 radical (unpaired) electrons. The van der Waals surface area contributed by atoms with Gasteiger partial charge < -0.3 is 31.4 Å². The fraction of sp³-hybridized carbons (Fsp3) is 0.333. The maximum absolute atomic E-state index is 12.7. The number of aromatic nitrogens is 2. The fourth-order valence-corrected chi connectivity index (χ4v) is 4.16. The lowest BCUT2D eigenvalue weighted by atomic mass is 9.97. The van der Waals surface area contributed by atoms with Crippen LogP contribution >= 0.6 is 0 Å². The third-order valence-electron chi connectivity index (χ3n) is 6.23. The molecule has 3 aromatic rings. The van der Waals surface area contributed by atoms with E-state index >= 15 is 0 Å². The van der Waals surface area contributed by atoms with Gasteiger partial charge in [0.2, 0.25) is 0 Å². The zero-order valence-electron chi connectivity index (χ0n) is 18.5. The number of nitrogens with one attached hydrogen (secondary N) is 1. The SMILES string of the molecule is Cc1c(N)cccc1-c1cn(C)c(=O)c(Nc2ccc(N3CCC(CO)CC3)c(N)c2)n1. The molecule has 1 saturated heterocycles. The molecule has 1 aromatic heterocycles. The molecule has 1 aliphatic heterocycles. The van der Waals surface area contributed by atoms with Crippen LogP contribution in [0.1, 0.15) is 18.4 Å². The first-order valence-electron chi connectivity index (χ1n) is 10.8. The molecule has 4 rings (SSSR count). The Labute approximate surface area is 187 Å². The number of aryl methyl sites for hydroxylation is 1. The molecule has 1 aliphatic rings. The zero-order chi connectivity index (χ0) is 22.8. The smallest absolute Gasteiger partial charge is 0.293 e. The summed E-state index contributed by atoms with van der Waals surface area (Å²) in [5.41, 5.74) is 17.6. The summed E-state index contributed by atoms with van der Waals surface area (Å²) in [5.74, 6) is 0.592. The van der Waals surface area contributed by atoms with Gasteiger partial charge in [-0.3, -0.25) is 4.79 Å². The number of aliphatic hydroxyl groups is 1. The molecule has 2 heterocycles. The number of rotatable bonds is 5. The van der Waals surface area contributed by atoms with Crippen LogP contribution in [-0.4, -0.2) is 34.4 Å². The van der Waals surface area contributed by atoms with Gasteiger partial charge in [0.15, 0.2) is 5.82 Å². The van der Waals surface area contributed by atoms with Crippen molar-refractivity contribution in [2.45, 2.75) is 19.8 Å². The number of nitrogen functional groups attached to an aromatic ring is 2. The van der Waals surface area contributed by atoms with Crippen LogP contribution < -0.4 is 27.2 Å². The van der Waals surface area contributed by atoms with Crippen LogP contribution in [0.5, 0.6) is 0 Å². The van der Waals surface area contributed by atoms with E-state index in [1.165, 1.54) is 4.57 Å². The molecule has 0 aliphatic carbocycles. The highest BCUT2D eigenvalue weighted by Gasteiger charge is 2.20. The third-order valence-corrected chi connectivity index (χ3v) is 6.23. The average molecular weight is 435 g/mol. The highest BCUT2D eigenvalue weighted by molar-refractivity contribution is 5.75. The van der Waals surface area contributed by atoms with Gasteiger partial charge in [0, 0.05) is 49.9 Å². The Morgan fingerprint density at radius 1 is 1.16 bits per heavy atom. The molecule has 8 nitrogen and oxygen atoms in total. The van der Waals surface area contributed by atoms with Crippen molar-refractivity contribution in [2.75, 3.05) is 41.4 Å². The van der Waals surface area contributed by atoms with Gasteiger partial charge >= 0.3 is 0 Å². The van der Waals surface area contributed by atoms with E-state index in [0.717, 1.165) is 42.7 Å². The molecule has 168 valence electrons. The molecule has 2 aromatic carbocycles. The quantitative estimate of drug-likeness (QED) is 0.455. The Bertz CT molecular complexity index is 1180. The minimum Gasteiger partial charge on any atom is -0.398 e. The van der Waals surface area contributed by atoms with E-state index < -0.39 is 0 Å². The van der Waals surface area contributed by atoms with Crippen molar-refractivity contribution in [3.8, 4) is 11.3 Å².